The Morgan fingerprint density at radius 1 is 0.850 bits per heavy atom. The third kappa shape index (κ3) is 4.41. The summed E-state index contributed by atoms with van der Waals surface area (Å²) in [4.78, 5) is 0. The first-order valence-electron chi connectivity index (χ1n) is 6.46. The first kappa shape index (κ1) is 14.6. The second kappa shape index (κ2) is 7.13. The van der Waals surface area contributed by atoms with Gasteiger partial charge in [-0.25, -0.2) is 4.57 Å². The summed E-state index contributed by atoms with van der Waals surface area (Å²) in [5.41, 5.74) is 0. The van der Waals surface area contributed by atoms with Crippen LogP contribution in [-0.4, -0.2) is 6.61 Å². The Morgan fingerprint density at radius 3 is 1.70 bits per heavy atom. The van der Waals surface area contributed by atoms with Crippen molar-refractivity contribution in [3.05, 3.63) is 60.7 Å². The molecular formula is C15H17O4P. The van der Waals surface area contributed by atoms with Crippen LogP contribution < -0.4 is 9.05 Å². The van der Waals surface area contributed by atoms with Crippen molar-refractivity contribution in [2.75, 3.05) is 6.61 Å². The zero-order chi connectivity index (χ0) is 14.3. The van der Waals surface area contributed by atoms with Gasteiger partial charge in [0.25, 0.3) is 0 Å². The van der Waals surface area contributed by atoms with E-state index >= 15 is 0 Å². The molecule has 0 saturated carbocycles. The van der Waals surface area contributed by atoms with Crippen molar-refractivity contribution < 1.29 is 18.1 Å². The number of para-hydroxylation sites is 2. The van der Waals surface area contributed by atoms with Crippen molar-refractivity contribution in [2.45, 2.75) is 13.3 Å². The minimum atomic E-state index is -3.68. The summed E-state index contributed by atoms with van der Waals surface area (Å²) in [7, 11) is -3.68. The predicted octanol–water partition coefficient (Wildman–Crippen LogP) is 4.68. The third-order valence-corrected chi connectivity index (χ3v) is 3.74. The van der Waals surface area contributed by atoms with Crippen LogP contribution in [0.2, 0.25) is 0 Å². The van der Waals surface area contributed by atoms with Gasteiger partial charge in [0.15, 0.2) is 0 Å². The van der Waals surface area contributed by atoms with Crippen LogP contribution in [0.4, 0.5) is 0 Å². The maximum Gasteiger partial charge on any atom is 0.587 e. The topological polar surface area (TPSA) is 44.8 Å². The molecule has 2 rings (SSSR count). The van der Waals surface area contributed by atoms with Crippen LogP contribution in [0.3, 0.4) is 0 Å². The molecule has 20 heavy (non-hydrogen) atoms. The molecule has 0 aliphatic heterocycles. The first-order chi connectivity index (χ1) is 9.72. The number of hydrogen-bond donors (Lipinski definition) is 0. The van der Waals surface area contributed by atoms with Crippen molar-refractivity contribution in [1.82, 2.24) is 0 Å². The van der Waals surface area contributed by atoms with Gasteiger partial charge in [0, 0.05) is 0 Å². The molecular weight excluding hydrogens is 275 g/mol. The molecule has 0 N–H and O–H groups in total. The molecule has 4 nitrogen and oxygen atoms in total. The fourth-order valence-corrected chi connectivity index (χ4v) is 2.80. The molecule has 0 saturated heterocycles. The van der Waals surface area contributed by atoms with E-state index in [0.717, 1.165) is 6.42 Å². The van der Waals surface area contributed by atoms with Crippen molar-refractivity contribution in [3.63, 3.8) is 0 Å². The number of phosphoric ester groups is 1. The van der Waals surface area contributed by atoms with E-state index in [-0.39, 0.29) is 0 Å². The maximum absolute atomic E-state index is 12.6. The highest BCUT2D eigenvalue weighted by molar-refractivity contribution is 7.49. The smallest absolute Gasteiger partial charge is 0.395 e. The number of rotatable bonds is 7. The minimum absolute atomic E-state index is 0.303. The lowest BCUT2D eigenvalue weighted by Crippen LogP contribution is -2.05. The molecule has 0 amide bonds. The molecule has 0 unspecified atom stereocenters. The van der Waals surface area contributed by atoms with Gasteiger partial charge in [-0.2, -0.15) is 0 Å². The normalized spacial score (nSPS) is 11.1. The zero-order valence-electron chi connectivity index (χ0n) is 11.3. The highest BCUT2D eigenvalue weighted by atomic mass is 31.2. The Morgan fingerprint density at radius 2 is 1.30 bits per heavy atom. The van der Waals surface area contributed by atoms with E-state index < -0.39 is 7.82 Å². The molecule has 0 aliphatic carbocycles. The van der Waals surface area contributed by atoms with Gasteiger partial charge in [0.1, 0.15) is 11.5 Å². The average molecular weight is 292 g/mol. The van der Waals surface area contributed by atoms with E-state index in [1.54, 1.807) is 48.5 Å². The number of phosphoric acid groups is 1. The highest BCUT2D eigenvalue weighted by Crippen LogP contribution is 2.49. The van der Waals surface area contributed by atoms with Gasteiger partial charge in [0.05, 0.1) is 6.61 Å². The molecule has 106 valence electrons. The molecule has 0 atom stereocenters. The molecule has 0 aromatic heterocycles. The number of hydrogen-bond acceptors (Lipinski definition) is 4. The van der Waals surface area contributed by atoms with Crippen LogP contribution in [0, 0.1) is 0 Å². The van der Waals surface area contributed by atoms with E-state index in [4.69, 9.17) is 13.6 Å². The van der Waals surface area contributed by atoms with E-state index in [9.17, 15) is 4.57 Å². The Bertz CT molecular complexity index is 511. The second-order valence-corrected chi connectivity index (χ2v) is 5.61. The van der Waals surface area contributed by atoms with Gasteiger partial charge in [0.2, 0.25) is 0 Å². The predicted molar refractivity (Wildman–Crippen MR) is 78.0 cm³/mol. The molecule has 0 spiro atoms. The summed E-state index contributed by atoms with van der Waals surface area (Å²) in [6, 6.07) is 17.7. The van der Waals surface area contributed by atoms with Gasteiger partial charge < -0.3 is 9.05 Å². The van der Waals surface area contributed by atoms with Crippen LogP contribution in [0.25, 0.3) is 0 Å². The second-order valence-electron chi connectivity index (χ2n) is 4.09. The van der Waals surface area contributed by atoms with E-state index in [1.807, 2.05) is 19.1 Å². The average Bonchev–Trinajstić information content (AvgIpc) is 2.47. The van der Waals surface area contributed by atoms with E-state index in [0.29, 0.717) is 18.1 Å². The lowest BCUT2D eigenvalue weighted by atomic mass is 10.3. The lowest BCUT2D eigenvalue weighted by Gasteiger charge is -2.18. The fourth-order valence-electron chi connectivity index (χ4n) is 1.50. The maximum atomic E-state index is 12.6. The minimum Gasteiger partial charge on any atom is -0.395 e. The Balaban J connectivity index is 2.15. The Labute approximate surface area is 118 Å². The summed E-state index contributed by atoms with van der Waals surface area (Å²) < 4.78 is 28.8. The Hall–Kier alpha value is -1.77. The Kier molecular flexibility index (Phi) is 5.22. The van der Waals surface area contributed by atoms with E-state index in [2.05, 4.69) is 0 Å². The van der Waals surface area contributed by atoms with Gasteiger partial charge in [-0.1, -0.05) is 43.3 Å². The van der Waals surface area contributed by atoms with Gasteiger partial charge in [-0.15, -0.1) is 0 Å². The van der Waals surface area contributed by atoms with Gasteiger partial charge in [-0.05, 0) is 30.7 Å². The first-order valence-corrected chi connectivity index (χ1v) is 7.92. The van der Waals surface area contributed by atoms with Crippen LogP contribution in [0.1, 0.15) is 13.3 Å². The van der Waals surface area contributed by atoms with E-state index in [1.165, 1.54) is 0 Å². The molecule has 0 bridgehead atoms. The standard InChI is InChI=1S/C15H17O4P/c1-2-13-17-20(16,18-14-9-5-3-6-10-14)19-15-11-7-4-8-12-15/h3-12H,2,13H2,1H3. The molecule has 0 heterocycles. The fraction of sp³-hybridized carbons (Fsp3) is 0.200. The molecule has 0 fully saturated rings. The zero-order valence-corrected chi connectivity index (χ0v) is 12.2. The molecule has 2 aromatic rings. The monoisotopic (exact) mass is 292 g/mol. The SMILES string of the molecule is CCCOP(=O)(Oc1ccccc1)Oc1ccccc1. The molecule has 5 heteroatoms. The largest absolute Gasteiger partial charge is 0.587 e. The summed E-state index contributed by atoms with van der Waals surface area (Å²) in [6.45, 7) is 2.23. The molecule has 0 radical (unpaired) electrons. The van der Waals surface area contributed by atoms with Gasteiger partial charge >= 0.3 is 7.82 Å². The molecule has 0 aliphatic rings. The van der Waals surface area contributed by atoms with Crippen LogP contribution in [-0.2, 0) is 9.09 Å². The third-order valence-electron chi connectivity index (χ3n) is 2.37. The van der Waals surface area contributed by atoms with Crippen LogP contribution >= 0.6 is 7.82 Å². The lowest BCUT2D eigenvalue weighted by molar-refractivity contribution is 0.210. The summed E-state index contributed by atoms with van der Waals surface area (Å²) >= 11 is 0. The highest BCUT2D eigenvalue weighted by Gasteiger charge is 2.30. The van der Waals surface area contributed by atoms with Crippen LogP contribution in [0.15, 0.2) is 60.7 Å². The summed E-state index contributed by atoms with van der Waals surface area (Å²) in [5, 5.41) is 0. The van der Waals surface area contributed by atoms with Crippen molar-refractivity contribution in [3.8, 4) is 11.5 Å². The summed E-state index contributed by atoms with van der Waals surface area (Å²) in [5.74, 6) is 0.894. The van der Waals surface area contributed by atoms with Crippen molar-refractivity contribution >= 4 is 7.82 Å². The number of benzene rings is 2. The summed E-state index contributed by atoms with van der Waals surface area (Å²) in [6.07, 6.45) is 0.723. The van der Waals surface area contributed by atoms with Gasteiger partial charge in [-0.3, -0.25) is 4.52 Å². The quantitative estimate of drug-likeness (QED) is 0.695. The van der Waals surface area contributed by atoms with Crippen LogP contribution in [0.5, 0.6) is 11.5 Å². The van der Waals surface area contributed by atoms with Crippen molar-refractivity contribution in [2.24, 2.45) is 0 Å². The molecule has 2 aromatic carbocycles. The van der Waals surface area contributed by atoms with Crippen molar-refractivity contribution in [1.29, 1.82) is 0 Å².